The van der Waals surface area contributed by atoms with Gasteiger partial charge in [-0.2, -0.15) is 23.3 Å². The Kier molecular flexibility index (Phi) is 6.60. The molecule has 3 aromatic carbocycles. The maximum absolute atomic E-state index is 13.0. The van der Waals surface area contributed by atoms with Crippen molar-refractivity contribution in [1.82, 2.24) is 20.1 Å². The SMILES string of the molecule is O=C(N/N=C/c1cccc2c1ccn2Cc1noc(-c2cccc(C(F)(F)F)c2)n1)c1ccc(O)c(Cl)c1. The molecule has 0 bridgehead atoms. The molecule has 38 heavy (non-hydrogen) atoms. The Labute approximate surface area is 218 Å². The van der Waals surface area contributed by atoms with E-state index < -0.39 is 17.6 Å². The lowest BCUT2D eigenvalue weighted by molar-refractivity contribution is -0.137. The summed E-state index contributed by atoms with van der Waals surface area (Å²) in [6.45, 7) is 0.213. The number of phenolic OH excluding ortho intramolecular Hbond substituents is 1. The molecule has 2 heterocycles. The Balaban J connectivity index is 1.32. The summed E-state index contributed by atoms with van der Waals surface area (Å²) >= 11 is 5.84. The number of nitrogens with one attached hydrogen (secondary N) is 1. The highest BCUT2D eigenvalue weighted by atomic mass is 35.5. The monoisotopic (exact) mass is 539 g/mol. The molecule has 5 rings (SSSR count). The minimum Gasteiger partial charge on any atom is -0.506 e. The molecule has 2 N–H and O–H groups in total. The first kappa shape index (κ1) is 25.0. The number of carbonyl (C=O) groups excluding carboxylic acids is 1. The highest BCUT2D eigenvalue weighted by Crippen LogP contribution is 2.32. The van der Waals surface area contributed by atoms with Gasteiger partial charge in [0.15, 0.2) is 5.82 Å². The van der Waals surface area contributed by atoms with Crippen molar-refractivity contribution in [2.24, 2.45) is 5.10 Å². The minimum atomic E-state index is -4.48. The zero-order chi connectivity index (χ0) is 26.9. The smallest absolute Gasteiger partial charge is 0.416 e. The van der Waals surface area contributed by atoms with Crippen LogP contribution in [0.1, 0.15) is 27.3 Å². The van der Waals surface area contributed by atoms with Gasteiger partial charge in [0.05, 0.1) is 23.3 Å². The summed E-state index contributed by atoms with van der Waals surface area (Å²) in [5, 5.41) is 18.3. The molecule has 0 aliphatic heterocycles. The van der Waals surface area contributed by atoms with Gasteiger partial charge in [-0.3, -0.25) is 4.79 Å². The largest absolute Gasteiger partial charge is 0.506 e. The molecule has 2 aromatic heterocycles. The second kappa shape index (κ2) is 10.0. The van der Waals surface area contributed by atoms with Crippen LogP contribution < -0.4 is 5.43 Å². The normalized spacial score (nSPS) is 11.9. The molecule has 0 unspecified atom stereocenters. The number of rotatable bonds is 6. The van der Waals surface area contributed by atoms with Gasteiger partial charge in [-0.25, -0.2) is 5.43 Å². The van der Waals surface area contributed by atoms with Gasteiger partial charge in [-0.15, -0.1) is 0 Å². The van der Waals surface area contributed by atoms with E-state index in [2.05, 4.69) is 20.7 Å². The van der Waals surface area contributed by atoms with Crippen molar-refractivity contribution in [3.63, 3.8) is 0 Å². The predicted molar refractivity (Wildman–Crippen MR) is 134 cm³/mol. The van der Waals surface area contributed by atoms with Gasteiger partial charge in [0.25, 0.3) is 11.8 Å². The van der Waals surface area contributed by atoms with Gasteiger partial charge in [-0.1, -0.05) is 35.0 Å². The summed E-state index contributed by atoms with van der Waals surface area (Å²) in [6, 6.07) is 16.1. The third-order valence-corrected chi connectivity index (χ3v) is 5.95. The van der Waals surface area contributed by atoms with Gasteiger partial charge in [0.2, 0.25) is 0 Å². The molecule has 0 saturated carbocycles. The molecule has 0 atom stereocenters. The van der Waals surface area contributed by atoms with E-state index in [4.69, 9.17) is 16.1 Å². The van der Waals surface area contributed by atoms with Crippen LogP contribution in [0.3, 0.4) is 0 Å². The van der Waals surface area contributed by atoms with E-state index >= 15 is 0 Å². The fraction of sp³-hybridized carbons (Fsp3) is 0.0769. The number of benzene rings is 3. The van der Waals surface area contributed by atoms with Crippen LogP contribution in [0.5, 0.6) is 5.75 Å². The summed E-state index contributed by atoms with van der Waals surface area (Å²) in [6.07, 6.45) is -1.18. The number of hydrogen-bond donors (Lipinski definition) is 2. The Bertz CT molecular complexity index is 1680. The van der Waals surface area contributed by atoms with Crippen LogP contribution >= 0.6 is 11.6 Å². The van der Waals surface area contributed by atoms with Gasteiger partial charge < -0.3 is 14.2 Å². The van der Waals surface area contributed by atoms with Crippen molar-refractivity contribution in [1.29, 1.82) is 0 Å². The van der Waals surface area contributed by atoms with Crippen LogP contribution in [-0.4, -0.2) is 31.9 Å². The standard InChI is InChI=1S/C26H17ClF3N5O3/c27-20-12-15(7-8-22(20)36)24(37)33-31-13-17-4-2-6-21-19(17)9-10-35(21)14-23-32-25(38-34-23)16-3-1-5-18(11-16)26(28,29)30/h1-13,36H,14H2,(H,33,37)/b31-13+. The summed E-state index contributed by atoms with van der Waals surface area (Å²) in [7, 11) is 0. The number of carbonyl (C=O) groups is 1. The number of phenols is 1. The molecule has 0 aliphatic carbocycles. The maximum atomic E-state index is 13.0. The molecule has 0 saturated heterocycles. The molecule has 192 valence electrons. The van der Waals surface area contributed by atoms with E-state index in [1.165, 1.54) is 36.5 Å². The van der Waals surface area contributed by atoms with Crippen molar-refractivity contribution in [3.8, 4) is 17.2 Å². The maximum Gasteiger partial charge on any atom is 0.416 e. The van der Waals surface area contributed by atoms with E-state index in [0.717, 1.165) is 28.6 Å². The van der Waals surface area contributed by atoms with Crippen molar-refractivity contribution in [2.75, 3.05) is 0 Å². The highest BCUT2D eigenvalue weighted by Gasteiger charge is 2.31. The van der Waals surface area contributed by atoms with Gasteiger partial charge >= 0.3 is 6.18 Å². The van der Waals surface area contributed by atoms with Crippen molar-refractivity contribution < 1.29 is 27.6 Å². The van der Waals surface area contributed by atoms with Crippen LogP contribution in [-0.2, 0) is 12.7 Å². The zero-order valence-electron chi connectivity index (χ0n) is 19.3. The Morgan fingerprint density at radius 1 is 1.13 bits per heavy atom. The average molecular weight is 540 g/mol. The topological polar surface area (TPSA) is 106 Å². The van der Waals surface area contributed by atoms with E-state index in [1.807, 2.05) is 28.8 Å². The Hall–Kier alpha value is -4.64. The first-order valence-corrected chi connectivity index (χ1v) is 11.5. The highest BCUT2D eigenvalue weighted by molar-refractivity contribution is 6.32. The lowest BCUT2D eigenvalue weighted by Crippen LogP contribution is -2.17. The van der Waals surface area contributed by atoms with Crippen molar-refractivity contribution >= 4 is 34.6 Å². The van der Waals surface area contributed by atoms with Gasteiger partial charge in [-0.05, 0) is 48.5 Å². The molecule has 0 fully saturated rings. The lowest BCUT2D eigenvalue weighted by Gasteiger charge is -2.06. The number of aromatic hydroxyl groups is 1. The third-order valence-electron chi connectivity index (χ3n) is 5.64. The zero-order valence-corrected chi connectivity index (χ0v) is 20.0. The van der Waals surface area contributed by atoms with Gasteiger partial charge in [0.1, 0.15) is 5.75 Å². The molecule has 8 nitrogen and oxygen atoms in total. The van der Waals surface area contributed by atoms with Gasteiger partial charge in [0, 0.05) is 33.8 Å². The first-order chi connectivity index (χ1) is 18.2. The van der Waals surface area contributed by atoms with Crippen LogP contribution in [0.25, 0.3) is 22.4 Å². The second-order valence-electron chi connectivity index (χ2n) is 8.18. The number of halogens is 4. The Morgan fingerprint density at radius 3 is 2.74 bits per heavy atom. The number of fused-ring (bicyclic) bond motifs is 1. The molecule has 0 aliphatic rings. The fourth-order valence-corrected chi connectivity index (χ4v) is 3.97. The molecular weight excluding hydrogens is 523 g/mol. The van der Waals surface area contributed by atoms with E-state index in [1.54, 1.807) is 6.20 Å². The van der Waals surface area contributed by atoms with Crippen molar-refractivity contribution in [3.05, 3.63) is 100 Å². The minimum absolute atomic E-state index is 0.0129. The summed E-state index contributed by atoms with van der Waals surface area (Å²) < 4.78 is 46.1. The quantitative estimate of drug-likeness (QED) is 0.207. The van der Waals surface area contributed by atoms with Crippen LogP contribution in [0.2, 0.25) is 5.02 Å². The summed E-state index contributed by atoms with van der Waals surface area (Å²) in [5.41, 5.74) is 3.56. The average Bonchev–Trinajstić information content (AvgIpc) is 3.53. The summed E-state index contributed by atoms with van der Waals surface area (Å²) in [5.74, 6) is -0.355. The summed E-state index contributed by atoms with van der Waals surface area (Å²) in [4.78, 5) is 16.5. The number of hydrogen-bond acceptors (Lipinski definition) is 6. The molecular formula is C26H17ClF3N5O3. The number of aromatic nitrogens is 3. The molecule has 12 heteroatoms. The molecule has 0 radical (unpaired) electrons. The number of amides is 1. The van der Waals surface area contributed by atoms with Crippen molar-refractivity contribution in [2.45, 2.75) is 12.7 Å². The third kappa shape index (κ3) is 5.23. The molecule has 5 aromatic rings. The predicted octanol–water partition coefficient (Wildman–Crippen LogP) is 5.88. The van der Waals surface area contributed by atoms with Crippen LogP contribution in [0, 0.1) is 0 Å². The second-order valence-corrected chi connectivity index (χ2v) is 8.59. The van der Waals surface area contributed by atoms with E-state index in [9.17, 15) is 23.1 Å². The number of nitrogens with zero attached hydrogens (tertiary/aromatic N) is 4. The number of hydrazone groups is 1. The Morgan fingerprint density at radius 2 is 1.95 bits per heavy atom. The van der Waals surface area contributed by atoms with Crippen LogP contribution in [0.15, 0.2) is 82.6 Å². The first-order valence-electron chi connectivity index (χ1n) is 11.1. The van der Waals surface area contributed by atoms with E-state index in [0.29, 0.717) is 0 Å². The molecule has 1 amide bonds. The van der Waals surface area contributed by atoms with E-state index in [-0.39, 0.29) is 40.2 Å². The number of alkyl halides is 3. The lowest BCUT2D eigenvalue weighted by atomic mass is 10.1. The van der Waals surface area contributed by atoms with Crippen LogP contribution in [0.4, 0.5) is 13.2 Å². The molecule has 0 spiro atoms. The fourth-order valence-electron chi connectivity index (χ4n) is 3.79.